The molecule has 5 atom stereocenters. The van der Waals surface area contributed by atoms with Crippen LogP contribution in [0.4, 0.5) is 0 Å². The topological polar surface area (TPSA) is 263 Å². The summed E-state index contributed by atoms with van der Waals surface area (Å²) in [5.41, 5.74) is 4.85. The number of rotatable bonds is 9. The van der Waals surface area contributed by atoms with Gasteiger partial charge >= 0.3 is 23.5 Å². The third-order valence-electron chi connectivity index (χ3n) is 3.04. The fraction of sp³-hybridized carbons (Fsp3) is 0.625. The Hall–Kier alpha value is -1.06. The van der Waals surface area contributed by atoms with Crippen LogP contribution >= 0.6 is 23.5 Å². The van der Waals surface area contributed by atoms with E-state index in [1.165, 1.54) is 0 Å². The maximum absolute atomic E-state index is 11.6. The Morgan fingerprint density at radius 1 is 1.25 bits per heavy atom. The van der Waals surface area contributed by atoms with Crippen molar-refractivity contribution in [2.24, 2.45) is 5.73 Å². The van der Waals surface area contributed by atoms with Crippen molar-refractivity contribution in [3.05, 3.63) is 11.9 Å². The third-order valence-corrected chi connectivity index (χ3v) is 6.84. The Balaban J connectivity index is 1.94. The molecule has 17 nitrogen and oxygen atoms in total. The molecule has 7 N–H and O–H groups in total. The molecule has 2 heterocycles. The predicted molar refractivity (Wildman–Crippen MR) is 82.9 cm³/mol. The summed E-state index contributed by atoms with van der Waals surface area (Å²) in [6.45, 7) is -0.842. The summed E-state index contributed by atoms with van der Waals surface area (Å²) in [4.78, 5) is 47.2. The van der Waals surface area contributed by atoms with Crippen LogP contribution in [0, 0.1) is 0 Å². The third kappa shape index (κ3) is 6.77. The van der Waals surface area contributed by atoms with E-state index in [1.807, 2.05) is 0 Å². The van der Waals surface area contributed by atoms with Crippen molar-refractivity contribution in [3.63, 3.8) is 0 Å². The fourth-order valence-corrected chi connectivity index (χ4v) is 5.03. The van der Waals surface area contributed by atoms with Crippen molar-refractivity contribution < 1.29 is 61.1 Å². The Labute approximate surface area is 155 Å². The number of aliphatic hydroxyl groups is 1. The molecule has 0 aromatic carbocycles. The fourth-order valence-electron chi connectivity index (χ4n) is 2.00. The lowest BCUT2D eigenvalue weighted by molar-refractivity contribution is -0.0523. The minimum Gasteiger partial charge on any atom is -0.390 e. The molecule has 0 bridgehead atoms. The van der Waals surface area contributed by atoms with Gasteiger partial charge in [0.25, 0.3) is 5.91 Å². The molecule has 1 aromatic rings. The Morgan fingerprint density at radius 2 is 1.89 bits per heavy atom. The molecule has 1 fully saturated rings. The summed E-state index contributed by atoms with van der Waals surface area (Å²) in [5.74, 6) is -0.853. The molecule has 1 saturated heterocycles. The highest BCUT2D eigenvalue weighted by Crippen LogP contribution is 2.66. The highest BCUT2D eigenvalue weighted by atomic mass is 31.3. The second kappa shape index (κ2) is 8.36. The van der Waals surface area contributed by atoms with Gasteiger partial charge in [-0.1, -0.05) is 0 Å². The maximum Gasteiger partial charge on any atom is 0.490 e. The molecule has 1 aliphatic rings. The van der Waals surface area contributed by atoms with Crippen LogP contribution in [0.5, 0.6) is 0 Å². The largest absolute Gasteiger partial charge is 0.490 e. The van der Waals surface area contributed by atoms with Crippen LogP contribution in [-0.2, 0) is 31.6 Å². The average Bonchev–Trinajstić information content (AvgIpc) is 3.07. The molecule has 1 aliphatic heterocycles. The molecule has 160 valence electrons. The smallest absolute Gasteiger partial charge is 0.390 e. The highest BCUT2D eigenvalue weighted by molar-refractivity contribution is 7.66. The van der Waals surface area contributed by atoms with Gasteiger partial charge in [0.15, 0.2) is 11.9 Å². The second-order valence-corrected chi connectivity index (χ2v) is 9.65. The number of nitrogens with zero attached hydrogens (tertiary/aromatic N) is 3. The lowest BCUT2D eigenvalue weighted by Gasteiger charge is -2.19. The van der Waals surface area contributed by atoms with Crippen LogP contribution in [0.3, 0.4) is 0 Å². The summed E-state index contributed by atoms with van der Waals surface area (Å²) in [6, 6.07) is 0. The van der Waals surface area contributed by atoms with Crippen molar-refractivity contribution in [1.82, 2.24) is 15.0 Å². The summed E-state index contributed by atoms with van der Waals surface area (Å²) < 4.78 is 50.1. The first-order valence-corrected chi connectivity index (χ1v) is 11.5. The first kappa shape index (κ1) is 23.2. The lowest BCUT2D eigenvalue weighted by Crippen LogP contribution is -2.26. The number of phosphoric ester groups is 1. The minimum atomic E-state index is -5.65. The van der Waals surface area contributed by atoms with E-state index < -0.39 is 54.4 Å². The van der Waals surface area contributed by atoms with Crippen LogP contribution in [0.15, 0.2) is 6.20 Å². The molecule has 1 amide bonds. The Bertz CT molecular complexity index is 868. The molecule has 0 saturated carbocycles. The zero-order valence-electron chi connectivity index (χ0n) is 13.5. The van der Waals surface area contributed by atoms with Gasteiger partial charge in [0.2, 0.25) is 0 Å². The number of ether oxygens (including phenoxy) is 1. The number of amides is 1. The van der Waals surface area contributed by atoms with Gasteiger partial charge in [-0.25, -0.2) is 13.7 Å². The van der Waals surface area contributed by atoms with E-state index in [2.05, 4.69) is 23.3 Å². The molecule has 0 spiro atoms. The van der Waals surface area contributed by atoms with Crippen molar-refractivity contribution in [1.29, 1.82) is 0 Å². The number of aromatic nitrogens is 3. The van der Waals surface area contributed by atoms with Crippen molar-refractivity contribution in [3.8, 4) is 0 Å². The monoisotopic (exact) mass is 468 g/mol. The number of phosphoric acid groups is 3. The van der Waals surface area contributed by atoms with Crippen molar-refractivity contribution in [2.45, 2.75) is 24.9 Å². The normalized spacial score (nSPS) is 27.2. The number of nitrogens with two attached hydrogens (primary N) is 1. The number of aliphatic hydroxyl groups excluding tert-OH is 1. The van der Waals surface area contributed by atoms with E-state index in [0.717, 1.165) is 11.0 Å². The molecule has 1 aromatic heterocycles. The first-order chi connectivity index (χ1) is 12.7. The quantitative estimate of drug-likeness (QED) is 0.222. The number of carbonyl (C=O) groups excluding carboxylic acids is 1. The van der Waals surface area contributed by atoms with Crippen LogP contribution in [0.2, 0.25) is 0 Å². The van der Waals surface area contributed by atoms with Crippen molar-refractivity contribution in [2.75, 3.05) is 6.61 Å². The summed E-state index contributed by atoms with van der Waals surface area (Å²) in [5, 5.41) is 17.3. The van der Waals surface area contributed by atoms with E-state index in [9.17, 15) is 28.5 Å². The summed E-state index contributed by atoms with van der Waals surface area (Å²) >= 11 is 0. The van der Waals surface area contributed by atoms with Gasteiger partial charge in [0, 0.05) is 6.42 Å². The summed E-state index contributed by atoms with van der Waals surface area (Å²) in [6.07, 6.45) is -2.56. The van der Waals surface area contributed by atoms with Gasteiger partial charge in [-0.15, -0.1) is 5.10 Å². The summed E-state index contributed by atoms with van der Waals surface area (Å²) in [7, 11) is -16.5. The first-order valence-electron chi connectivity index (χ1n) is 7.01. The molecule has 28 heavy (non-hydrogen) atoms. The number of primary amides is 1. The van der Waals surface area contributed by atoms with Crippen LogP contribution in [0.25, 0.3) is 0 Å². The molecule has 0 radical (unpaired) electrons. The van der Waals surface area contributed by atoms with Gasteiger partial charge in [-0.05, 0) is 0 Å². The zero-order chi connectivity index (χ0) is 21.3. The van der Waals surface area contributed by atoms with Gasteiger partial charge in [0.05, 0.1) is 18.9 Å². The average molecular weight is 468 g/mol. The van der Waals surface area contributed by atoms with Gasteiger partial charge in [-0.3, -0.25) is 9.32 Å². The van der Waals surface area contributed by atoms with E-state index >= 15 is 0 Å². The van der Waals surface area contributed by atoms with Gasteiger partial charge in [-0.2, -0.15) is 18.5 Å². The van der Waals surface area contributed by atoms with Crippen LogP contribution in [-0.4, -0.2) is 64.4 Å². The number of hydrogen-bond donors (Lipinski definition) is 6. The van der Waals surface area contributed by atoms with E-state index in [1.54, 1.807) is 0 Å². The molecule has 20 heteroatoms. The van der Waals surface area contributed by atoms with E-state index in [4.69, 9.17) is 25.2 Å². The van der Waals surface area contributed by atoms with E-state index in [-0.39, 0.29) is 12.1 Å². The highest BCUT2D eigenvalue weighted by Gasteiger charge is 2.43. The number of carbonyl (C=O) groups is 1. The standard InChI is InChI=1S/C8H15N4O13P3/c9-8(14)4-2-10-12(11-4)7-1-5(13)6(23-7)3-22-27(18,19)25-28(20,21)24-26(15,16)17/h2,5-7,13H,1,3H2,(H2,9,14)(H,18,19)(H,20,21)(H2,15,16,17)/t5-,6+,7+/m0/s1. The van der Waals surface area contributed by atoms with Crippen molar-refractivity contribution >= 4 is 29.4 Å². The minimum absolute atomic E-state index is 0.114. The van der Waals surface area contributed by atoms with Crippen LogP contribution in [0.1, 0.15) is 23.1 Å². The molecule has 2 rings (SSSR count). The predicted octanol–water partition coefficient (Wildman–Crippen LogP) is -1.63. The van der Waals surface area contributed by atoms with Gasteiger partial charge < -0.3 is 35.2 Å². The second-order valence-electron chi connectivity index (χ2n) is 5.23. The number of hydrogen-bond acceptors (Lipinski definition) is 11. The van der Waals surface area contributed by atoms with Gasteiger partial charge in [0.1, 0.15) is 6.10 Å². The SMILES string of the molecule is NC(=O)c1cnn([C@H]2C[C@H](O)[C@@H](COP(=O)(O)OP(=O)(O)OP(=O)(O)O)O2)n1. The Kier molecular flexibility index (Phi) is 6.93. The maximum atomic E-state index is 11.6. The molecular weight excluding hydrogens is 453 g/mol. The Morgan fingerprint density at radius 3 is 2.43 bits per heavy atom. The van der Waals surface area contributed by atoms with E-state index in [0.29, 0.717) is 0 Å². The zero-order valence-corrected chi connectivity index (χ0v) is 16.2. The molecular formula is C8H15N4O13P3. The molecule has 0 aliphatic carbocycles. The molecule has 2 unspecified atom stereocenters. The van der Waals surface area contributed by atoms with Crippen LogP contribution < -0.4 is 5.73 Å². The lowest BCUT2D eigenvalue weighted by atomic mass is 10.2.